The van der Waals surface area contributed by atoms with E-state index in [-0.39, 0.29) is 0 Å². The molecular weight excluding hydrogens is 220 g/mol. The van der Waals surface area contributed by atoms with Gasteiger partial charge in [0.1, 0.15) is 5.75 Å². The summed E-state index contributed by atoms with van der Waals surface area (Å²) in [6, 6.07) is 6.09. The molecule has 1 aliphatic heterocycles. The van der Waals surface area contributed by atoms with Gasteiger partial charge in [0.05, 0.1) is 19.3 Å². The van der Waals surface area contributed by atoms with Crippen LogP contribution in [0, 0.1) is 6.92 Å². The number of nitrogens with zero attached hydrogens (tertiary/aromatic N) is 1. The van der Waals surface area contributed by atoms with E-state index in [1.165, 1.54) is 5.56 Å². The van der Waals surface area contributed by atoms with Crippen molar-refractivity contribution in [1.82, 2.24) is 0 Å². The van der Waals surface area contributed by atoms with Gasteiger partial charge in [-0.25, -0.2) is 0 Å². The van der Waals surface area contributed by atoms with Crippen LogP contribution >= 0.6 is 11.8 Å². The van der Waals surface area contributed by atoms with Crippen LogP contribution in [0.3, 0.4) is 0 Å². The van der Waals surface area contributed by atoms with Gasteiger partial charge in [-0.1, -0.05) is 24.8 Å². The molecule has 1 aliphatic rings. The molecule has 1 N–H and O–H groups in total. The Balaban J connectivity index is 2.17. The van der Waals surface area contributed by atoms with Gasteiger partial charge in [0.25, 0.3) is 0 Å². The van der Waals surface area contributed by atoms with E-state index in [0.29, 0.717) is 5.25 Å². The molecule has 0 saturated carbocycles. The fourth-order valence-electron chi connectivity index (χ4n) is 1.58. The highest BCUT2D eigenvalue weighted by Crippen LogP contribution is 2.28. The molecule has 4 heteroatoms. The number of anilines is 1. The number of thioether (sulfide) groups is 1. The van der Waals surface area contributed by atoms with Crippen LogP contribution in [0.25, 0.3) is 0 Å². The fourth-order valence-corrected chi connectivity index (χ4v) is 2.43. The number of aliphatic imine (C=N–C) groups is 1. The van der Waals surface area contributed by atoms with Gasteiger partial charge in [0.15, 0.2) is 5.17 Å². The minimum Gasteiger partial charge on any atom is -0.495 e. The molecule has 0 spiro atoms. The second-order valence-corrected chi connectivity index (χ2v) is 5.33. The number of ether oxygens (including phenoxy) is 1. The van der Waals surface area contributed by atoms with Crippen LogP contribution in [0.5, 0.6) is 5.75 Å². The van der Waals surface area contributed by atoms with Gasteiger partial charge in [0, 0.05) is 5.25 Å². The van der Waals surface area contributed by atoms with Crippen LogP contribution < -0.4 is 10.1 Å². The van der Waals surface area contributed by atoms with Crippen molar-refractivity contribution in [2.75, 3.05) is 19.0 Å². The largest absolute Gasteiger partial charge is 0.495 e. The molecule has 1 heterocycles. The first-order valence-electron chi connectivity index (χ1n) is 5.32. The van der Waals surface area contributed by atoms with Crippen LogP contribution in [0.15, 0.2) is 23.2 Å². The van der Waals surface area contributed by atoms with Crippen molar-refractivity contribution in [2.24, 2.45) is 4.99 Å². The van der Waals surface area contributed by atoms with Crippen molar-refractivity contribution in [1.29, 1.82) is 0 Å². The quantitative estimate of drug-likeness (QED) is 0.857. The molecule has 0 saturated heterocycles. The topological polar surface area (TPSA) is 33.6 Å². The fraction of sp³-hybridized carbons (Fsp3) is 0.417. The lowest BCUT2D eigenvalue weighted by molar-refractivity contribution is 0.417. The number of methoxy groups -OCH3 is 1. The maximum atomic E-state index is 5.31. The zero-order chi connectivity index (χ0) is 11.5. The van der Waals surface area contributed by atoms with Crippen molar-refractivity contribution in [3.63, 3.8) is 0 Å². The zero-order valence-electron chi connectivity index (χ0n) is 9.78. The molecule has 1 aromatic rings. The lowest BCUT2D eigenvalue weighted by atomic mass is 10.2. The molecule has 0 bridgehead atoms. The van der Waals surface area contributed by atoms with E-state index in [0.717, 1.165) is 23.1 Å². The van der Waals surface area contributed by atoms with Crippen LogP contribution in [-0.4, -0.2) is 24.1 Å². The highest BCUT2D eigenvalue weighted by Gasteiger charge is 2.16. The van der Waals surface area contributed by atoms with Crippen LogP contribution in [-0.2, 0) is 0 Å². The Morgan fingerprint density at radius 2 is 2.31 bits per heavy atom. The van der Waals surface area contributed by atoms with Crippen LogP contribution in [0.2, 0.25) is 0 Å². The Kier molecular flexibility index (Phi) is 3.39. The van der Waals surface area contributed by atoms with Gasteiger partial charge < -0.3 is 10.1 Å². The third-order valence-corrected chi connectivity index (χ3v) is 3.41. The van der Waals surface area contributed by atoms with Crippen LogP contribution in [0.1, 0.15) is 12.5 Å². The predicted octanol–water partition coefficient (Wildman–Crippen LogP) is 2.91. The summed E-state index contributed by atoms with van der Waals surface area (Å²) in [5.74, 6) is 0.855. The molecule has 3 nitrogen and oxygen atoms in total. The average Bonchev–Trinajstić information content (AvgIpc) is 2.64. The monoisotopic (exact) mass is 236 g/mol. The molecule has 16 heavy (non-hydrogen) atoms. The first-order chi connectivity index (χ1) is 7.69. The average molecular weight is 236 g/mol. The maximum Gasteiger partial charge on any atom is 0.161 e. The van der Waals surface area contributed by atoms with Gasteiger partial charge in [-0.3, -0.25) is 4.99 Å². The number of benzene rings is 1. The molecule has 2 rings (SSSR count). The number of hydrogen-bond donors (Lipinski definition) is 1. The molecule has 0 radical (unpaired) electrons. The van der Waals surface area contributed by atoms with Gasteiger partial charge in [-0.2, -0.15) is 0 Å². The lowest BCUT2D eigenvalue weighted by Crippen LogP contribution is -2.07. The zero-order valence-corrected chi connectivity index (χ0v) is 10.6. The van der Waals surface area contributed by atoms with Gasteiger partial charge in [-0.05, 0) is 24.6 Å². The SMILES string of the molecule is COc1ccc(C)cc1NC1=NCC(C)S1. The molecule has 0 aliphatic carbocycles. The standard InChI is InChI=1S/C12H16N2OS/c1-8-4-5-11(15-3)10(6-8)14-12-13-7-9(2)16-12/h4-6,9H,7H2,1-3H3,(H,13,14). The van der Waals surface area contributed by atoms with Gasteiger partial charge in [0.2, 0.25) is 0 Å². The smallest absolute Gasteiger partial charge is 0.161 e. The number of aryl methyl sites for hydroxylation is 1. The van der Waals surface area contributed by atoms with E-state index < -0.39 is 0 Å². The Hall–Kier alpha value is -1.16. The summed E-state index contributed by atoms with van der Waals surface area (Å²) in [6.07, 6.45) is 0. The Morgan fingerprint density at radius 3 is 2.94 bits per heavy atom. The second kappa shape index (κ2) is 4.78. The number of amidine groups is 1. The molecule has 0 aromatic heterocycles. The van der Waals surface area contributed by atoms with Gasteiger partial charge >= 0.3 is 0 Å². The summed E-state index contributed by atoms with van der Waals surface area (Å²) < 4.78 is 5.31. The van der Waals surface area contributed by atoms with Crippen molar-refractivity contribution in [2.45, 2.75) is 19.1 Å². The molecule has 86 valence electrons. The Morgan fingerprint density at radius 1 is 1.50 bits per heavy atom. The van der Waals surface area contributed by atoms with E-state index >= 15 is 0 Å². The predicted molar refractivity (Wildman–Crippen MR) is 70.7 cm³/mol. The molecule has 1 atom stereocenters. The van der Waals surface area contributed by atoms with E-state index in [2.05, 4.69) is 30.2 Å². The first kappa shape index (κ1) is 11.3. The molecule has 1 aromatic carbocycles. The second-order valence-electron chi connectivity index (χ2n) is 3.90. The maximum absolute atomic E-state index is 5.31. The summed E-state index contributed by atoms with van der Waals surface area (Å²) in [7, 11) is 1.68. The number of rotatable bonds is 2. The number of nitrogens with one attached hydrogen (secondary N) is 1. The van der Waals surface area contributed by atoms with Crippen molar-refractivity contribution < 1.29 is 4.74 Å². The third-order valence-electron chi connectivity index (χ3n) is 2.40. The molecular formula is C12H16N2OS. The summed E-state index contributed by atoms with van der Waals surface area (Å²) in [6.45, 7) is 5.13. The summed E-state index contributed by atoms with van der Waals surface area (Å²) in [5.41, 5.74) is 2.20. The highest BCUT2D eigenvalue weighted by atomic mass is 32.2. The number of hydrogen-bond acceptors (Lipinski definition) is 4. The van der Waals surface area contributed by atoms with E-state index in [1.54, 1.807) is 18.9 Å². The van der Waals surface area contributed by atoms with Gasteiger partial charge in [-0.15, -0.1) is 0 Å². The Bertz CT molecular complexity index is 417. The molecule has 0 amide bonds. The van der Waals surface area contributed by atoms with Crippen LogP contribution in [0.4, 0.5) is 5.69 Å². The normalized spacial score (nSPS) is 19.4. The highest BCUT2D eigenvalue weighted by molar-refractivity contribution is 8.15. The minimum atomic E-state index is 0.568. The van der Waals surface area contributed by atoms with Crippen molar-refractivity contribution in [3.8, 4) is 5.75 Å². The summed E-state index contributed by atoms with van der Waals surface area (Å²) in [4.78, 5) is 4.43. The lowest BCUT2D eigenvalue weighted by Gasteiger charge is -2.11. The van der Waals surface area contributed by atoms with E-state index in [9.17, 15) is 0 Å². The first-order valence-corrected chi connectivity index (χ1v) is 6.20. The Labute approximate surface area is 100 Å². The van der Waals surface area contributed by atoms with Crippen molar-refractivity contribution in [3.05, 3.63) is 23.8 Å². The molecule has 0 fully saturated rings. The van der Waals surface area contributed by atoms with E-state index in [1.807, 2.05) is 12.1 Å². The minimum absolute atomic E-state index is 0.568. The van der Waals surface area contributed by atoms with E-state index in [4.69, 9.17) is 4.74 Å². The third kappa shape index (κ3) is 2.50. The summed E-state index contributed by atoms with van der Waals surface area (Å²) >= 11 is 1.77. The molecule has 1 unspecified atom stereocenters. The van der Waals surface area contributed by atoms with Crippen molar-refractivity contribution >= 4 is 22.6 Å². The summed E-state index contributed by atoms with van der Waals surface area (Å²) in [5, 5.41) is 4.87.